The SMILES string of the molecule is O=C(O)CN1C(=O)/C(=C\c2cc(Cc3ccccc3)ccc2O)SC1=S. The zero-order chi connectivity index (χ0) is 18.7. The minimum atomic E-state index is -1.13. The predicted molar refractivity (Wildman–Crippen MR) is 105 cm³/mol. The number of thiocarbonyl (C=S) groups is 1. The van der Waals surface area contributed by atoms with Gasteiger partial charge in [-0.05, 0) is 35.8 Å². The van der Waals surface area contributed by atoms with E-state index in [1.165, 1.54) is 0 Å². The van der Waals surface area contributed by atoms with E-state index in [9.17, 15) is 14.7 Å². The first kappa shape index (κ1) is 18.2. The first-order chi connectivity index (χ1) is 12.4. The Kier molecular flexibility index (Phi) is 5.39. The van der Waals surface area contributed by atoms with E-state index in [1.807, 2.05) is 42.5 Å². The van der Waals surface area contributed by atoms with Gasteiger partial charge < -0.3 is 10.2 Å². The topological polar surface area (TPSA) is 77.8 Å². The number of carbonyl (C=O) groups excluding carboxylic acids is 1. The number of phenols is 1. The molecule has 26 heavy (non-hydrogen) atoms. The van der Waals surface area contributed by atoms with E-state index in [2.05, 4.69) is 0 Å². The van der Waals surface area contributed by atoms with Crippen molar-refractivity contribution in [3.8, 4) is 5.75 Å². The fourth-order valence-corrected chi connectivity index (χ4v) is 3.82. The molecule has 0 radical (unpaired) electrons. The molecule has 1 aliphatic rings. The van der Waals surface area contributed by atoms with Gasteiger partial charge >= 0.3 is 5.97 Å². The largest absolute Gasteiger partial charge is 0.507 e. The van der Waals surface area contributed by atoms with E-state index in [4.69, 9.17) is 17.3 Å². The van der Waals surface area contributed by atoms with Gasteiger partial charge in [0, 0.05) is 5.56 Å². The summed E-state index contributed by atoms with van der Waals surface area (Å²) >= 11 is 6.11. The number of aromatic hydroxyl groups is 1. The number of amides is 1. The quantitative estimate of drug-likeness (QED) is 0.608. The minimum Gasteiger partial charge on any atom is -0.507 e. The maximum atomic E-state index is 12.3. The number of hydrogen-bond acceptors (Lipinski definition) is 5. The highest BCUT2D eigenvalue weighted by molar-refractivity contribution is 8.26. The summed E-state index contributed by atoms with van der Waals surface area (Å²) in [4.78, 5) is 24.5. The van der Waals surface area contributed by atoms with Crippen LogP contribution >= 0.6 is 24.0 Å². The summed E-state index contributed by atoms with van der Waals surface area (Å²) in [6.07, 6.45) is 2.24. The first-order valence-corrected chi connectivity index (χ1v) is 8.99. The molecule has 2 aromatic rings. The second-order valence-corrected chi connectivity index (χ2v) is 7.39. The molecule has 1 aliphatic heterocycles. The van der Waals surface area contributed by atoms with Gasteiger partial charge in [-0.2, -0.15) is 0 Å². The molecule has 1 saturated heterocycles. The smallest absolute Gasteiger partial charge is 0.323 e. The molecule has 0 atom stereocenters. The van der Waals surface area contributed by atoms with Crippen LogP contribution in [0, 0.1) is 0 Å². The van der Waals surface area contributed by atoms with Crippen molar-refractivity contribution in [2.24, 2.45) is 0 Å². The van der Waals surface area contributed by atoms with Crippen molar-refractivity contribution in [1.29, 1.82) is 0 Å². The normalized spacial score (nSPS) is 15.7. The van der Waals surface area contributed by atoms with Crippen LogP contribution in [0.25, 0.3) is 6.08 Å². The van der Waals surface area contributed by atoms with E-state index >= 15 is 0 Å². The van der Waals surface area contributed by atoms with Crippen molar-refractivity contribution >= 4 is 46.3 Å². The zero-order valence-corrected chi connectivity index (χ0v) is 15.2. The summed E-state index contributed by atoms with van der Waals surface area (Å²) in [6, 6.07) is 15.1. The number of carboxylic acid groups (broad SMARTS) is 1. The highest BCUT2D eigenvalue weighted by atomic mass is 32.2. The van der Waals surface area contributed by atoms with Gasteiger partial charge in [-0.15, -0.1) is 0 Å². The Morgan fingerprint density at radius 1 is 1.15 bits per heavy atom. The third kappa shape index (κ3) is 4.12. The molecule has 1 heterocycles. The lowest BCUT2D eigenvalue weighted by Gasteiger charge is -2.10. The van der Waals surface area contributed by atoms with Crippen LogP contribution in [0.15, 0.2) is 53.4 Å². The van der Waals surface area contributed by atoms with Crippen LogP contribution in [0.1, 0.15) is 16.7 Å². The molecule has 132 valence electrons. The van der Waals surface area contributed by atoms with Gasteiger partial charge in [-0.1, -0.05) is 60.4 Å². The number of carbonyl (C=O) groups is 2. The van der Waals surface area contributed by atoms with Crippen LogP contribution in [-0.2, 0) is 16.0 Å². The number of benzene rings is 2. The molecule has 0 spiro atoms. The van der Waals surface area contributed by atoms with Crippen molar-refractivity contribution in [3.63, 3.8) is 0 Å². The number of rotatable bonds is 5. The molecule has 0 saturated carbocycles. The number of hydrogen-bond donors (Lipinski definition) is 2. The van der Waals surface area contributed by atoms with Gasteiger partial charge in [0.2, 0.25) is 0 Å². The van der Waals surface area contributed by atoms with Crippen LogP contribution < -0.4 is 0 Å². The van der Waals surface area contributed by atoms with Gasteiger partial charge in [0.25, 0.3) is 5.91 Å². The average Bonchev–Trinajstić information content (AvgIpc) is 2.86. The lowest BCUT2D eigenvalue weighted by Crippen LogP contribution is -2.33. The van der Waals surface area contributed by atoms with Gasteiger partial charge in [0.05, 0.1) is 4.91 Å². The summed E-state index contributed by atoms with van der Waals surface area (Å²) < 4.78 is 0.198. The maximum Gasteiger partial charge on any atom is 0.323 e. The summed E-state index contributed by atoms with van der Waals surface area (Å²) in [5.74, 6) is -1.55. The number of aliphatic carboxylic acids is 1. The van der Waals surface area contributed by atoms with E-state index in [0.717, 1.165) is 27.8 Å². The minimum absolute atomic E-state index is 0.0466. The average molecular weight is 385 g/mol. The number of carboxylic acids is 1. The van der Waals surface area contributed by atoms with E-state index in [1.54, 1.807) is 12.1 Å². The number of thioether (sulfide) groups is 1. The molecule has 3 rings (SSSR count). The molecular weight excluding hydrogens is 370 g/mol. The van der Waals surface area contributed by atoms with Crippen molar-refractivity contribution in [2.45, 2.75) is 6.42 Å². The van der Waals surface area contributed by atoms with Crippen molar-refractivity contribution in [3.05, 3.63) is 70.1 Å². The molecule has 0 aliphatic carbocycles. The monoisotopic (exact) mass is 385 g/mol. The maximum absolute atomic E-state index is 12.3. The van der Waals surface area contributed by atoms with Crippen molar-refractivity contribution < 1.29 is 19.8 Å². The summed E-state index contributed by atoms with van der Waals surface area (Å²) in [5.41, 5.74) is 2.62. The molecule has 0 bridgehead atoms. The molecule has 2 N–H and O–H groups in total. The first-order valence-electron chi connectivity index (χ1n) is 7.77. The van der Waals surface area contributed by atoms with E-state index in [-0.39, 0.29) is 10.1 Å². The highest BCUT2D eigenvalue weighted by Gasteiger charge is 2.33. The second-order valence-electron chi connectivity index (χ2n) is 5.72. The lowest BCUT2D eigenvalue weighted by molar-refractivity contribution is -0.140. The molecule has 0 unspecified atom stereocenters. The van der Waals surface area contributed by atoms with Crippen LogP contribution in [0.4, 0.5) is 0 Å². The Labute approximate surface area is 160 Å². The molecule has 7 heteroatoms. The van der Waals surface area contributed by atoms with Crippen LogP contribution in [-0.4, -0.2) is 37.9 Å². The highest BCUT2D eigenvalue weighted by Crippen LogP contribution is 2.34. The van der Waals surface area contributed by atoms with Crippen LogP contribution in [0.2, 0.25) is 0 Å². The standard InChI is InChI=1S/C19H15NO4S2/c21-15-7-6-13(8-12-4-2-1-3-5-12)9-14(15)10-16-18(24)20(11-17(22)23)19(25)26-16/h1-7,9-10,21H,8,11H2,(H,22,23)/b16-10+. The molecular formula is C19H15NO4S2. The fraction of sp³-hybridized carbons (Fsp3) is 0.105. The molecule has 1 fully saturated rings. The summed E-state index contributed by atoms with van der Waals surface area (Å²) in [6.45, 7) is -0.470. The predicted octanol–water partition coefficient (Wildman–Crippen LogP) is 3.27. The number of phenolic OH excluding ortho intramolecular Hbond substituents is 1. The van der Waals surface area contributed by atoms with E-state index < -0.39 is 18.4 Å². The summed E-state index contributed by atoms with van der Waals surface area (Å²) in [7, 11) is 0. The Balaban J connectivity index is 1.86. The Bertz CT molecular complexity index is 909. The third-order valence-corrected chi connectivity index (χ3v) is 5.17. The zero-order valence-electron chi connectivity index (χ0n) is 13.6. The fourth-order valence-electron chi connectivity index (χ4n) is 2.57. The van der Waals surface area contributed by atoms with E-state index in [0.29, 0.717) is 16.9 Å². The van der Waals surface area contributed by atoms with Gasteiger partial charge in [0.15, 0.2) is 0 Å². The Morgan fingerprint density at radius 2 is 1.88 bits per heavy atom. The lowest BCUT2D eigenvalue weighted by atomic mass is 10.0. The van der Waals surface area contributed by atoms with Gasteiger partial charge in [0.1, 0.15) is 16.6 Å². The molecule has 5 nitrogen and oxygen atoms in total. The van der Waals surface area contributed by atoms with Crippen molar-refractivity contribution in [1.82, 2.24) is 4.90 Å². The molecule has 0 aromatic heterocycles. The summed E-state index contributed by atoms with van der Waals surface area (Å²) in [5, 5.41) is 19.0. The molecule has 2 aromatic carbocycles. The van der Waals surface area contributed by atoms with Gasteiger partial charge in [-0.25, -0.2) is 0 Å². The van der Waals surface area contributed by atoms with Crippen LogP contribution in [0.5, 0.6) is 5.75 Å². The third-order valence-electron chi connectivity index (χ3n) is 3.80. The Morgan fingerprint density at radius 3 is 2.58 bits per heavy atom. The Hall–Kier alpha value is -2.64. The van der Waals surface area contributed by atoms with Gasteiger partial charge in [-0.3, -0.25) is 14.5 Å². The second kappa shape index (κ2) is 7.72. The van der Waals surface area contributed by atoms with Crippen LogP contribution in [0.3, 0.4) is 0 Å². The molecule has 1 amide bonds. The van der Waals surface area contributed by atoms with Crippen molar-refractivity contribution in [2.75, 3.05) is 6.54 Å². The number of nitrogens with zero attached hydrogens (tertiary/aromatic N) is 1.